The van der Waals surface area contributed by atoms with Gasteiger partial charge in [-0.3, -0.25) is 4.79 Å². The van der Waals surface area contributed by atoms with E-state index in [2.05, 4.69) is 5.32 Å². The fourth-order valence-electron chi connectivity index (χ4n) is 2.33. The second-order valence-corrected chi connectivity index (χ2v) is 5.73. The van der Waals surface area contributed by atoms with Crippen molar-refractivity contribution >= 4 is 11.6 Å². The normalized spacial score (nSPS) is 11.7. The van der Waals surface area contributed by atoms with Gasteiger partial charge in [0.15, 0.2) is 6.10 Å². The summed E-state index contributed by atoms with van der Waals surface area (Å²) in [5, 5.41) is 2.90. The van der Waals surface area contributed by atoms with Crippen LogP contribution in [0.25, 0.3) is 0 Å². The van der Waals surface area contributed by atoms with E-state index >= 15 is 0 Å². The number of rotatable bonds is 7. The van der Waals surface area contributed by atoms with Crippen LogP contribution in [0.4, 0.5) is 5.69 Å². The molecule has 0 aliphatic rings. The summed E-state index contributed by atoms with van der Waals surface area (Å²) in [7, 11) is 0. The zero-order chi connectivity index (χ0) is 17.5. The van der Waals surface area contributed by atoms with E-state index in [1.807, 2.05) is 70.2 Å². The molecule has 0 bridgehead atoms. The van der Waals surface area contributed by atoms with Crippen LogP contribution in [0.15, 0.2) is 42.5 Å². The van der Waals surface area contributed by atoms with Gasteiger partial charge in [0.2, 0.25) is 0 Å². The molecule has 1 N–H and O–H groups in total. The number of carbonyl (C=O) groups excluding carboxylic acids is 1. The van der Waals surface area contributed by atoms with Gasteiger partial charge in [-0.05, 0) is 68.7 Å². The quantitative estimate of drug-likeness (QED) is 0.814. The molecular formula is C20H25NO3. The lowest BCUT2D eigenvalue weighted by molar-refractivity contribution is -0.122. The van der Waals surface area contributed by atoms with Crippen molar-refractivity contribution in [2.75, 3.05) is 11.9 Å². The first-order valence-electron chi connectivity index (χ1n) is 8.31. The summed E-state index contributed by atoms with van der Waals surface area (Å²) in [5.41, 5.74) is 2.86. The molecule has 0 saturated carbocycles. The second-order valence-electron chi connectivity index (χ2n) is 5.73. The van der Waals surface area contributed by atoms with E-state index in [1.165, 1.54) is 0 Å². The molecule has 1 amide bonds. The maximum absolute atomic E-state index is 12.5. The van der Waals surface area contributed by atoms with Gasteiger partial charge in [-0.1, -0.05) is 19.1 Å². The van der Waals surface area contributed by atoms with Gasteiger partial charge in [0.05, 0.1) is 6.61 Å². The largest absolute Gasteiger partial charge is 0.494 e. The highest BCUT2D eigenvalue weighted by molar-refractivity contribution is 5.94. The number of hydrogen-bond acceptors (Lipinski definition) is 3. The molecule has 0 aliphatic heterocycles. The van der Waals surface area contributed by atoms with Crippen molar-refractivity contribution in [3.8, 4) is 11.5 Å². The minimum atomic E-state index is -0.530. The molecule has 2 aromatic carbocycles. The smallest absolute Gasteiger partial charge is 0.265 e. The molecule has 4 heteroatoms. The molecule has 0 heterocycles. The first-order valence-corrected chi connectivity index (χ1v) is 8.31. The fourth-order valence-corrected chi connectivity index (χ4v) is 2.33. The van der Waals surface area contributed by atoms with Crippen LogP contribution >= 0.6 is 0 Å². The summed E-state index contributed by atoms with van der Waals surface area (Å²) in [5.74, 6) is 1.39. The SMILES string of the molecule is CCOc1ccc(NC(=O)[C@@H](CC)Oc2cc(C)ccc2C)cc1. The third kappa shape index (κ3) is 4.75. The zero-order valence-electron chi connectivity index (χ0n) is 14.8. The summed E-state index contributed by atoms with van der Waals surface area (Å²) in [6, 6.07) is 13.3. The predicted octanol–water partition coefficient (Wildman–Crippen LogP) is 4.50. The molecule has 128 valence electrons. The van der Waals surface area contributed by atoms with E-state index < -0.39 is 6.10 Å². The van der Waals surface area contributed by atoms with E-state index in [0.29, 0.717) is 13.0 Å². The Balaban J connectivity index is 2.04. The Bertz CT molecular complexity index is 680. The van der Waals surface area contributed by atoms with E-state index in [0.717, 1.165) is 28.3 Å². The van der Waals surface area contributed by atoms with Crippen molar-refractivity contribution in [1.82, 2.24) is 0 Å². The van der Waals surface area contributed by atoms with Gasteiger partial charge in [0.1, 0.15) is 11.5 Å². The number of ether oxygens (including phenoxy) is 2. The number of hydrogen-bond donors (Lipinski definition) is 1. The van der Waals surface area contributed by atoms with Crippen LogP contribution in [-0.4, -0.2) is 18.6 Å². The Labute approximate surface area is 143 Å². The predicted molar refractivity (Wildman–Crippen MR) is 96.9 cm³/mol. The van der Waals surface area contributed by atoms with E-state index in [1.54, 1.807) is 0 Å². The summed E-state index contributed by atoms with van der Waals surface area (Å²) in [4.78, 5) is 12.5. The maximum atomic E-state index is 12.5. The number of carbonyl (C=O) groups is 1. The van der Waals surface area contributed by atoms with Crippen molar-refractivity contribution in [2.24, 2.45) is 0 Å². The standard InChI is InChI=1S/C20H25NO3/c1-5-18(24-19-13-14(3)7-8-15(19)4)20(22)21-16-9-11-17(12-10-16)23-6-2/h7-13,18H,5-6H2,1-4H3,(H,21,22)/t18-/m1/s1. The number of nitrogens with one attached hydrogen (secondary N) is 1. The van der Waals surface area contributed by atoms with Gasteiger partial charge in [-0.15, -0.1) is 0 Å². The van der Waals surface area contributed by atoms with Gasteiger partial charge in [-0.2, -0.15) is 0 Å². The average molecular weight is 327 g/mol. The van der Waals surface area contributed by atoms with E-state index in [-0.39, 0.29) is 5.91 Å². The van der Waals surface area contributed by atoms with Gasteiger partial charge < -0.3 is 14.8 Å². The van der Waals surface area contributed by atoms with Crippen LogP contribution in [0.2, 0.25) is 0 Å². The monoisotopic (exact) mass is 327 g/mol. The van der Waals surface area contributed by atoms with Gasteiger partial charge >= 0.3 is 0 Å². The Morgan fingerprint density at radius 1 is 1.08 bits per heavy atom. The summed E-state index contributed by atoms with van der Waals surface area (Å²) in [6.07, 6.45) is 0.0630. The second kappa shape index (κ2) is 8.39. The molecule has 0 aliphatic carbocycles. The Morgan fingerprint density at radius 3 is 2.42 bits per heavy atom. The number of benzene rings is 2. The van der Waals surface area contributed by atoms with E-state index in [4.69, 9.17) is 9.47 Å². The summed E-state index contributed by atoms with van der Waals surface area (Å²) in [6.45, 7) is 8.48. The van der Waals surface area contributed by atoms with Crippen molar-refractivity contribution in [2.45, 2.75) is 40.2 Å². The highest BCUT2D eigenvalue weighted by Gasteiger charge is 2.19. The third-order valence-corrected chi connectivity index (χ3v) is 3.71. The van der Waals surface area contributed by atoms with Crippen molar-refractivity contribution in [3.05, 3.63) is 53.6 Å². The average Bonchev–Trinajstić information content (AvgIpc) is 2.57. The lowest BCUT2D eigenvalue weighted by Crippen LogP contribution is -2.32. The topological polar surface area (TPSA) is 47.6 Å². The van der Waals surface area contributed by atoms with Crippen LogP contribution in [0.3, 0.4) is 0 Å². The molecule has 0 fully saturated rings. The van der Waals surface area contributed by atoms with Gasteiger partial charge in [0.25, 0.3) is 5.91 Å². The van der Waals surface area contributed by atoms with Crippen LogP contribution < -0.4 is 14.8 Å². The molecule has 0 unspecified atom stereocenters. The molecule has 1 atom stereocenters. The molecular weight excluding hydrogens is 302 g/mol. The Morgan fingerprint density at radius 2 is 1.79 bits per heavy atom. The number of aryl methyl sites for hydroxylation is 2. The number of amides is 1. The maximum Gasteiger partial charge on any atom is 0.265 e. The van der Waals surface area contributed by atoms with Gasteiger partial charge in [0, 0.05) is 5.69 Å². The first-order chi connectivity index (χ1) is 11.5. The Kier molecular flexibility index (Phi) is 6.24. The lowest BCUT2D eigenvalue weighted by atomic mass is 10.1. The van der Waals surface area contributed by atoms with Crippen LogP contribution in [-0.2, 0) is 4.79 Å². The third-order valence-electron chi connectivity index (χ3n) is 3.71. The van der Waals surface area contributed by atoms with Crippen LogP contribution in [0, 0.1) is 13.8 Å². The number of anilines is 1. The zero-order valence-corrected chi connectivity index (χ0v) is 14.8. The summed E-state index contributed by atoms with van der Waals surface area (Å²) >= 11 is 0. The van der Waals surface area contributed by atoms with Crippen molar-refractivity contribution in [1.29, 1.82) is 0 Å². The summed E-state index contributed by atoms with van der Waals surface area (Å²) < 4.78 is 11.3. The van der Waals surface area contributed by atoms with Crippen LogP contribution in [0.1, 0.15) is 31.4 Å². The Hall–Kier alpha value is -2.49. The molecule has 0 saturated heterocycles. The lowest BCUT2D eigenvalue weighted by Gasteiger charge is -2.19. The minimum Gasteiger partial charge on any atom is -0.494 e. The molecule has 0 spiro atoms. The van der Waals surface area contributed by atoms with Crippen LogP contribution in [0.5, 0.6) is 11.5 Å². The highest BCUT2D eigenvalue weighted by Crippen LogP contribution is 2.22. The molecule has 2 rings (SSSR count). The highest BCUT2D eigenvalue weighted by atomic mass is 16.5. The molecule has 2 aromatic rings. The van der Waals surface area contributed by atoms with E-state index in [9.17, 15) is 4.79 Å². The van der Waals surface area contributed by atoms with Crippen molar-refractivity contribution in [3.63, 3.8) is 0 Å². The minimum absolute atomic E-state index is 0.150. The first kappa shape index (κ1) is 17.9. The molecule has 0 radical (unpaired) electrons. The molecule has 0 aromatic heterocycles. The fraction of sp³-hybridized carbons (Fsp3) is 0.350. The molecule has 4 nitrogen and oxygen atoms in total. The van der Waals surface area contributed by atoms with Crippen molar-refractivity contribution < 1.29 is 14.3 Å². The molecule has 24 heavy (non-hydrogen) atoms. The van der Waals surface area contributed by atoms with Gasteiger partial charge in [-0.25, -0.2) is 0 Å².